The van der Waals surface area contributed by atoms with Crippen molar-refractivity contribution < 1.29 is 22.8 Å². The number of nitrogens with one attached hydrogen (secondary N) is 2. The maximum Gasteiger partial charge on any atom is 0.413 e. The zero-order chi connectivity index (χ0) is 13.6. The van der Waals surface area contributed by atoms with Gasteiger partial charge >= 0.3 is 6.18 Å². The summed E-state index contributed by atoms with van der Waals surface area (Å²) >= 11 is 0. The zero-order valence-electron chi connectivity index (χ0n) is 9.62. The van der Waals surface area contributed by atoms with Crippen LogP contribution in [0, 0.1) is 0 Å². The van der Waals surface area contributed by atoms with Gasteiger partial charge in [0.2, 0.25) is 5.91 Å². The minimum atomic E-state index is -4.43. The average molecular weight is 262 g/mol. The highest BCUT2D eigenvalue weighted by Gasteiger charge is 2.28. The van der Waals surface area contributed by atoms with E-state index in [2.05, 4.69) is 10.2 Å². The smallest absolute Gasteiger partial charge is 0.325 e. The second-order valence-corrected chi connectivity index (χ2v) is 3.60. The Hall–Kier alpha value is -1.60. The summed E-state index contributed by atoms with van der Waals surface area (Å²) in [7, 11) is 0. The Labute approximate surface area is 102 Å². The summed E-state index contributed by atoms with van der Waals surface area (Å²) in [6.45, 7) is -0.0510. The van der Waals surface area contributed by atoms with Crippen molar-refractivity contribution in [3.8, 4) is 0 Å². The van der Waals surface area contributed by atoms with Crippen molar-refractivity contribution >= 4 is 11.6 Å². The largest absolute Gasteiger partial charge is 0.413 e. The summed E-state index contributed by atoms with van der Waals surface area (Å²) in [4.78, 5) is 15.7. The predicted octanol–water partition coefficient (Wildman–Crippen LogP) is 2.10. The lowest BCUT2D eigenvalue weighted by molar-refractivity contribution is -0.192. The minimum Gasteiger partial charge on any atom is -0.325 e. The monoisotopic (exact) mass is 262 g/mol. The Kier molecular flexibility index (Phi) is 5.11. The van der Waals surface area contributed by atoms with Crippen LogP contribution in [0.15, 0.2) is 30.3 Å². The number of carbonyl (C=O) groups is 1. The Morgan fingerprint density at radius 1 is 1.33 bits per heavy atom. The molecular weight excluding hydrogens is 249 g/mol. The number of hydroxylamine groups is 1. The van der Waals surface area contributed by atoms with E-state index in [1.54, 1.807) is 30.3 Å². The van der Waals surface area contributed by atoms with E-state index < -0.39 is 24.7 Å². The number of anilines is 1. The first-order valence-electron chi connectivity index (χ1n) is 5.18. The van der Waals surface area contributed by atoms with Crippen LogP contribution >= 0.6 is 0 Å². The number of hydrogen-bond acceptors (Lipinski definition) is 3. The van der Waals surface area contributed by atoms with Crippen LogP contribution in [-0.2, 0) is 9.63 Å². The molecule has 100 valence electrons. The molecule has 1 aromatic rings. The highest BCUT2D eigenvalue weighted by molar-refractivity contribution is 5.94. The SMILES string of the molecule is CC(NOCC(F)(F)F)C(=O)Nc1ccccc1. The van der Waals surface area contributed by atoms with Crippen molar-refractivity contribution in [1.29, 1.82) is 0 Å². The Balaban J connectivity index is 2.34. The number of carbonyl (C=O) groups excluding carboxylic acids is 1. The van der Waals surface area contributed by atoms with Crippen molar-refractivity contribution in [2.24, 2.45) is 0 Å². The van der Waals surface area contributed by atoms with Gasteiger partial charge in [-0.25, -0.2) is 0 Å². The number of halogens is 3. The quantitative estimate of drug-likeness (QED) is 0.799. The molecule has 1 rings (SSSR count). The van der Waals surface area contributed by atoms with Gasteiger partial charge in [-0.3, -0.25) is 9.63 Å². The van der Waals surface area contributed by atoms with Crippen LogP contribution in [0.4, 0.5) is 18.9 Å². The minimum absolute atomic E-state index is 0.483. The summed E-state index contributed by atoms with van der Waals surface area (Å²) < 4.78 is 35.4. The first-order valence-corrected chi connectivity index (χ1v) is 5.18. The number of benzene rings is 1. The highest BCUT2D eigenvalue weighted by Crippen LogP contribution is 2.13. The third-order valence-electron chi connectivity index (χ3n) is 1.93. The summed E-state index contributed by atoms with van der Waals surface area (Å²) in [5, 5.41) is 2.53. The molecule has 0 aromatic heterocycles. The molecule has 0 saturated carbocycles. The van der Waals surface area contributed by atoms with E-state index >= 15 is 0 Å². The van der Waals surface area contributed by atoms with Crippen LogP contribution in [0.5, 0.6) is 0 Å². The number of para-hydroxylation sites is 1. The van der Waals surface area contributed by atoms with Gasteiger partial charge in [-0.2, -0.15) is 18.7 Å². The molecule has 0 radical (unpaired) electrons. The van der Waals surface area contributed by atoms with E-state index in [1.807, 2.05) is 5.48 Å². The fraction of sp³-hybridized carbons (Fsp3) is 0.364. The second-order valence-electron chi connectivity index (χ2n) is 3.60. The van der Waals surface area contributed by atoms with E-state index in [0.717, 1.165) is 0 Å². The van der Waals surface area contributed by atoms with Crippen LogP contribution in [0.25, 0.3) is 0 Å². The van der Waals surface area contributed by atoms with Gasteiger partial charge < -0.3 is 5.32 Å². The molecule has 0 aliphatic carbocycles. The van der Waals surface area contributed by atoms with E-state index in [4.69, 9.17) is 0 Å². The van der Waals surface area contributed by atoms with Crippen molar-refractivity contribution in [1.82, 2.24) is 5.48 Å². The van der Waals surface area contributed by atoms with Crippen LogP contribution in [-0.4, -0.2) is 24.7 Å². The van der Waals surface area contributed by atoms with Crippen LogP contribution in [0.3, 0.4) is 0 Å². The standard InChI is InChI=1S/C11H13F3N2O2/c1-8(16-18-7-11(12,13)14)10(17)15-9-5-3-2-4-6-9/h2-6,8,16H,7H2,1H3,(H,15,17). The number of alkyl halides is 3. The van der Waals surface area contributed by atoms with Gasteiger partial charge in [0.1, 0.15) is 6.04 Å². The maximum atomic E-state index is 11.8. The average Bonchev–Trinajstić information content (AvgIpc) is 2.28. The van der Waals surface area contributed by atoms with Gasteiger partial charge in [0.05, 0.1) is 0 Å². The normalized spacial score (nSPS) is 13.1. The molecule has 18 heavy (non-hydrogen) atoms. The molecule has 0 bridgehead atoms. The molecule has 1 atom stereocenters. The van der Waals surface area contributed by atoms with Gasteiger partial charge in [0.15, 0.2) is 6.61 Å². The van der Waals surface area contributed by atoms with Crippen molar-refractivity contribution in [3.05, 3.63) is 30.3 Å². The second kappa shape index (κ2) is 6.36. The zero-order valence-corrected chi connectivity index (χ0v) is 9.62. The highest BCUT2D eigenvalue weighted by atomic mass is 19.4. The Morgan fingerprint density at radius 2 is 1.94 bits per heavy atom. The molecular formula is C11H13F3N2O2. The lowest BCUT2D eigenvalue weighted by Crippen LogP contribution is -2.39. The molecule has 1 unspecified atom stereocenters. The Morgan fingerprint density at radius 3 is 2.50 bits per heavy atom. The van der Waals surface area contributed by atoms with E-state index in [-0.39, 0.29) is 0 Å². The van der Waals surface area contributed by atoms with E-state index in [9.17, 15) is 18.0 Å². The predicted molar refractivity (Wildman–Crippen MR) is 59.7 cm³/mol. The summed E-state index contributed by atoms with van der Waals surface area (Å²) in [5.41, 5.74) is 2.59. The molecule has 0 spiro atoms. The lowest BCUT2D eigenvalue weighted by Gasteiger charge is -2.14. The third-order valence-corrected chi connectivity index (χ3v) is 1.93. The molecule has 0 heterocycles. The molecule has 1 aromatic carbocycles. The lowest BCUT2D eigenvalue weighted by atomic mass is 10.3. The van der Waals surface area contributed by atoms with E-state index in [1.165, 1.54) is 6.92 Å². The number of hydrogen-bond donors (Lipinski definition) is 2. The van der Waals surface area contributed by atoms with Gasteiger partial charge in [-0.15, -0.1) is 0 Å². The third kappa shape index (κ3) is 5.65. The first kappa shape index (κ1) is 14.5. The Bertz CT molecular complexity index is 382. The van der Waals surface area contributed by atoms with Crippen molar-refractivity contribution in [2.45, 2.75) is 19.1 Å². The summed E-state index contributed by atoms with van der Waals surface area (Å²) in [6, 6.07) is 7.68. The first-order chi connectivity index (χ1) is 8.38. The topological polar surface area (TPSA) is 50.4 Å². The van der Waals surface area contributed by atoms with Gasteiger partial charge in [0, 0.05) is 5.69 Å². The molecule has 0 aliphatic heterocycles. The van der Waals surface area contributed by atoms with Gasteiger partial charge in [-0.1, -0.05) is 18.2 Å². The fourth-order valence-electron chi connectivity index (χ4n) is 1.07. The molecule has 0 aliphatic rings. The van der Waals surface area contributed by atoms with Gasteiger partial charge in [0.25, 0.3) is 0 Å². The summed E-state index contributed by atoms with van der Waals surface area (Å²) in [5.74, 6) is -0.483. The molecule has 4 nitrogen and oxygen atoms in total. The van der Waals surface area contributed by atoms with Crippen LogP contribution < -0.4 is 10.8 Å². The van der Waals surface area contributed by atoms with Crippen LogP contribution in [0.1, 0.15) is 6.92 Å². The van der Waals surface area contributed by atoms with Crippen molar-refractivity contribution in [2.75, 3.05) is 11.9 Å². The van der Waals surface area contributed by atoms with Crippen molar-refractivity contribution in [3.63, 3.8) is 0 Å². The molecule has 2 N–H and O–H groups in total. The number of rotatable bonds is 5. The molecule has 7 heteroatoms. The van der Waals surface area contributed by atoms with Crippen LogP contribution in [0.2, 0.25) is 0 Å². The summed E-state index contributed by atoms with van der Waals surface area (Å²) in [6.07, 6.45) is -4.43. The van der Waals surface area contributed by atoms with E-state index in [0.29, 0.717) is 5.69 Å². The fourth-order valence-corrected chi connectivity index (χ4v) is 1.07. The molecule has 0 saturated heterocycles. The molecule has 0 fully saturated rings. The van der Waals surface area contributed by atoms with Gasteiger partial charge in [-0.05, 0) is 19.1 Å². The molecule has 1 amide bonds. The number of amides is 1. The maximum absolute atomic E-state index is 11.8.